The third kappa shape index (κ3) is 3.57. The summed E-state index contributed by atoms with van der Waals surface area (Å²) in [6.07, 6.45) is 0. The number of thiophene rings is 2. The number of carbonyl (C=O) groups excluding carboxylic acids is 1. The Morgan fingerprint density at radius 1 is 0.960 bits per heavy atom. The summed E-state index contributed by atoms with van der Waals surface area (Å²) in [5.41, 5.74) is 2.93. The van der Waals surface area contributed by atoms with Crippen LogP contribution in [0, 0.1) is 0 Å². The van der Waals surface area contributed by atoms with Gasteiger partial charge >= 0.3 is 0 Å². The number of carbonyl (C=O) groups is 1. The van der Waals surface area contributed by atoms with E-state index >= 15 is 0 Å². The fraction of sp³-hybridized carbons (Fsp3) is 0.0500. The lowest BCUT2D eigenvalue weighted by molar-refractivity contribution is 0.0948. The number of nitrogens with one attached hydrogen (secondary N) is 1. The molecular weight excluding hydrogens is 350 g/mol. The van der Waals surface area contributed by atoms with Crippen LogP contribution >= 0.6 is 22.7 Å². The van der Waals surface area contributed by atoms with Crippen LogP contribution in [0.4, 0.5) is 0 Å². The second kappa shape index (κ2) is 7.09. The van der Waals surface area contributed by atoms with Gasteiger partial charge in [0.25, 0.3) is 5.91 Å². The lowest BCUT2D eigenvalue weighted by atomic mass is 10.1. The summed E-state index contributed by atoms with van der Waals surface area (Å²) in [4.78, 5) is 13.4. The van der Waals surface area contributed by atoms with Crippen LogP contribution in [0.2, 0.25) is 0 Å². The molecule has 0 saturated carbocycles. The summed E-state index contributed by atoms with van der Waals surface area (Å²) in [5.74, 6) is 1.47. The number of hydrogen-bond donors (Lipinski definition) is 1. The van der Waals surface area contributed by atoms with E-state index in [0.29, 0.717) is 12.1 Å². The maximum absolute atomic E-state index is 12.3. The van der Waals surface area contributed by atoms with Crippen LogP contribution in [0.15, 0.2) is 75.2 Å². The van der Waals surface area contributed by atoms with Crippen molar-refractivity contribution in [1.29, 1.82) is 0 Å². The topological polar surface area (TPSA) is 42.2 Å². The number of hydrogen-bond acceptors (Lipinski definition) is 4. The molecule has 0 aliphatic heterocycles. The molecule has 124 valence electrons. The molecule has 0 fully saturated rings. The molecule has 25 heavy (non-hydrogen) atoms. The van der Waals surface area contributed by atoms with Crippen LogP contribution in [0.25, 0.3) is 21.8 Å². The fourth-order valence-corrected chi connectivity index (χ4v) is 3.89. The number of amides is 1. The van der Waals surface area contributed by atoms with Gasteiger partial charge in [0.2, 0.25) is 0 Å². The van der Waals surface area contributed by atoms with E-state index in [1.54, 1.807) is 22.7 Å². The van der Waals surface area contributed by atoms with Crippen molar-refractivity contribution in [2.45, 2.75) is 6.54 Å². The van der Waals surface area contributed by atoms with Crippen molar-refractivity contribution in [3.8, 4) is 21.8 Å². The van der Waals surface area contributed by atoms with Crippen LogP contribution in [0.1, 0.15) is 16.1 Å². The van der Waals surface area contributed by atoms with E-state index < -0.39 is 0 Å². The van der Waals surface area contributed by atoms with Gasteiger partial charge in [-0.05, 0) is 63.7 Å². The maximum Gasteiger partial charge on any atom is 0.251 e. The van der Waals surface area contributed by atoms with E-state index in [1.165, 1.54) is 5.56 Å². The number of benzene rings is 1. The van der Waals surface area contributed by atoms with Crippen molar-refractivity contribution in [2.24, 2.45) is 0 Å². The van der Waals surface area contributed by atoms with Gasteiger partial charge in [-0.3, -0.25) is 4.79 Å². The van der Waals surface area contributed by atoms with Gasteiger partial charge in [-0.15, -0.1) is 11.3 Å². The van der Waals surface area contributed by atoms with E-state index in [0.717, 1.165) is 22.0 Å². The smallest absolute Gasteiger partial charge is 0.251 e. The number of furan rings is 1. The monoisotopic (exact) mass is 365 g/mol. The molecule has 0 bridgehead atoms. The molecule has 1 amide bonds. The van der Waals surface area contributed by atoms with Crippen molar-refractivity contribution in [2.75, 3.05) is 0 Å². The Morgan fingerprint density at radius 3 is 2.56 bits per heavy atom. The zero-order chi connectivity index (χ0) is 17.1. The molecular formula is C20H15NO2S2. The average molecular weight is 365 g/mol. The van der Waals surface area contributed by atoms with E-state index in [2.05, 4.69) is 16.8 Å². The standard InChI is InChI=1S/C20H15NO2S2/c22-20(15-5-3-14(4-6-15)16-9-11-24-13-16)21-12-17-7-8-18(23-17)19-2-1-10-25-19/h1-11,13H,12H2,(H,21,22). The van der Waals surface area contributed by atoms with E-state index in [4.69, 9.17) is 4.42 Å². The quantitative estimate of drug-likeness (QED) is 0.495. The summed E-state index contributed by atoms with van der Waals surface area (Å²) in [7, 11) is 0. The Morgan fingerprint density at radius 2 is 1.84 bits per heavy atom. The Balaban J connectivity index is 1.39. The Bertz CT molecular complexity index is 952. The average Bonchev–Trinajstić information content (AvgIpc) is 3.42. The van der Waals surface area contributed by atoms with Crippen LogP contribution in [-0.4, -0.2) is 5.91 Å². The lowest BCUT2D eigenvalue weighted by Gasteiger charge is -2.05. The van der Waals surface area contributed by atoms with E-state index in [1.807, 2.05) is 59.3 Å². The van der Waals surface area contributed by atoms with Gasteiger partial charge in [0, 0.05) is 5.56 Å². The molecule has 1 aromatic carbocycles. The van der Waals surface area contributed by atoms with Gasteiger partial charge in [0.05, 0.1) is 11.4 Å². The van der Waals surface area contributed by atoms with Gasteiger partial charge in [-0.1, -0.05) is 18.2 Å². The van der Waals surface area contributed by atoms with E-state index in [9.17, 15) is 4.79 Å². The molecule has 1 N–H and O–H groups in total. The second-order valence-corrected chi connectivity index (χ2v) is 7.24. The molecule has 0 saturated heterocycles. The molecule has 0 aliphatic carbocycles. The minimum absolute atomic E-state index is 0.106. The van der Waals surface area contributed by atoms with Crippen molar-refractivity contribution >= 4 is 28.6 Å². The van der Waals surface area contributed by atoms with Gasteiger partial charge in [0.15, 0.2) is 0 Å². The molecule has 5 heteroatoms. The molecule has 3 heterocycles. The molecule has 0 radical (unpaired) electrons. The zero-order valence-electron chi connectivity index (χ0n) is 13.3. The lowest BCUT2D eigenvalue weighted by Crippen LogP contribution is -2.22. The molecule has 3 aromatic heterocycles. The van der Waals surface area contributed by atoms with Crippen molar-refractivity contribution in [3.63, 3.8) is 0 Å². The van der Waals surface area contributed by atoms with Gasteiger partial charge < -0.3 is 9.73 Å². The Hall–Kier alpha value is -2.63. The first kappa shape index (κ1) is 15.9. The highest BCUT2D eigenvalue weighted by Crippen LogP contribution is 2.26. The van der Waals surface area contributed by atoms with Crippen molar-refractivity contribution < 1.29 is 9.21 Å². The highest BCUT2D eigenvalue weighted by molar-refractivity contribution is 7.13. The minimum Gasteiger partial charge on any atom is -0.458 e. The molecule has 3 nitrogen and oxygen atoms in total. The fourth-order valence-electron chi connectivity index (χ4n) is 2.54. The highest BCUT2D eigenvalue weighted by atomic mass is 32.1. The third-order valence-electron chi connectivity index (χ3n) is 3.85. The molecule has 0 unspecified atom stereocenters. The summed E-state index contributed by atoms with van der Waals surface area (Å²) in [5, 5.41) is 9.05. The summed E-state index contributed by atoms with van der Waals surface area (Å²) < 4.78 is 5.78. The van der Waals surface area contributed by atoms with Crippen molar-refractivity contribution in [3.05, 3.63) is 82.1 Å². The Labute approximate surface area is 153 Å². The normalized spacial score (nSPS) is 10.7. The third-order valence-corrected chi connectivity index (χ3v) is 5.42. The molecule has 0 spiro atoms. The second-order valence-electron chi connectivity index (χ2n) is 5.52. The summed E-state index contributed by atoms with van der Waals surface area (Å²) in [6, 6.07) is 17.5. The van der Waals surface area contributed by atoms with Crippen LogP contribution < -0.4 is 5.32 Å². The largest absolute Gasteiger partial charge is 0.458 e. The molecule has 4 rings (SSSR count). The van der Waals surface area contributed by atoms with E-state index in [-0.39, 0.29) is 5.91 Å². The maximum atomic E-state index is 12.3. The summed E-state index contributed by atoms with van der Waals surface area (Å²) >= 11 is 3.29. The summed E-state index contributed by atoms with van der Waals surface area (Å²) in [6.45, 7) is 0.372. The molecule has 4 aromatic rings. The zero-order valence-corrected chi connectivity index (χ0v) is 14.9. The predicted octanol–water partition coefficient (Wildman–Crippen LogP) is 5.67. The molecule has 0 atom stereocenters. The van der Waals surface area contributed by atoms with Gasteiger partial charge in [0.1, 0.15) is 11.5 Å². The van der Waals surface area contributed by atoms with Crippen molar-refractivity contribution in [1.82, 2.24) is 5.32 Å². The number of rotatable bonds is 5. The highest BCUT2D eigenvalue weighted by Gasteiger charge is 2.09. The Kier molecular flexibility index (Phi) is 4.50. The van der Waals surface area contributed by atoms with Crippen LogP contribution in [0.3, 0.4) is 0 Å². The van der Waals surface area contributed by atoms with Gasteiger partial charge in [-0.25, -0.2) is 0 Å². The first-order valence-electron chi connectivity index (χ1n) is 7.83. The predicted molar refractivity (Wildman–Crippen MR) is 103 cm³/mol. The SMILES string of the molecule is O=C(NCc1ccc(-c2cccs2)o1)c1ccc(-c2ccsc2)cc1. The van der Waals surface area contributed by atoms with Crippen LogP contribution in [-0.2, 0) is 6.54 Å². The molecule has 0 aliphatic rings. The first-order chi connectivity index (χ1) is 12.3. The first-order valence-corrected chi connectivity index (χ1v) is 9.65. The van der Waals surface area contributed by atoms with Gasteiger partial charge in [-0.2, -0.15) is 11.3 Å². The minimum atomic E-state index is -0.106. The van der Waals surface area contributed by atoms with Crippen LogP contribution in [0.5, 0.6) is 0 Å².